The van der Waals surface area contributed by atoms with Gasteiger partial charge in [0, 0.05) is 18.5 Å². The van der Waals surface area contributed by atoms with Crippen molar-refractivity contribution in [2.75, 3.05) is 25.5 Å². The molecule has 1 atom stereocenters. The van der Waals surface area contributed by atoms with Crippen molar-refractivity contribution in [2.45, 2.75) is 51.0 Å². The van der Waals surface area contributed by atoms with Crippen LogP contribution < -0.4 is 14.8 Å². The number of hydrogen-bond donors (Lipinski definition) is 1. The van der Waals surface area contributed by atoms with E-state index in [1.165, 1.54) is 35.2 Å². The number of sulfonamides is 1. The number of hydrogen-bond acceptors (Lipinski definition) is 5. The van der Waals surface area contributed by atoms with Crippen molar-refractivity contribution in [3.05, 3.63) is 83.9 Å². The monoisotopic (exact) mass is 524 g/mol. The molecule has 3 rings (SSSR count). The summed E-state index contributed by atoms with van der Waals surface area (Å²) in [6.07, 6.45) is -0.833. The molecule has 198 valence electrons. The molecule has 37 heavy (non-hydrogen) atoms. The Morgan fingerprint density at radius 2 is 1.54 bits per heavy atom. The van der Waals surface area contributed by atoms with E-state index in [2.05, 4.69) is 31.3 Å². The lowest BCUT2D eigenvalue weighted by Gasteiger charge is -2.26. The zero-order valence-corrected chi connectivity index (χ0v) is 23.1. The molecule has 0 radical (unpaired) electrons. The smallest absolute Gasteiger partial charge is 0.265 e. The average molecular weight is 525 g/mol. The minimum atomic E-state index is -3.69. The third-order valence-corrected chi connectivity index (χ3v) is 8.57. The molecule has 0 saturated carbocycles. The quantitative estimate of drug-likeness (QED) is 0.360. The van der Waals surface area contributed by atoms with Crippen molar-refractivity contribution < 1.29 is 22.7 Å². The Morgan fingerprint density at radius 3 is 2.11 bits per heavy atom. The summed E-state index contributed by atoms with van der Waals surface area (Å²) < 4.78 is 38.5. The predicted octanol–water partition coefficient (Wildman–Crippen LogP) is 5.46. The lowest BCUT2D eigenvalue weighted by molar-refractivity contribution is -0.122. The molecular weight excluding hydrogens is 488 g/mol. The zero-order valence-electron chi connectivity index (χ0n) is 22.3. The van der Waals surface area contributed by atoms with Crippen LogP contribution >= 0.6 is 0 Å². The summed E-state index contributed by atoms with van der Waals surface area (Å²) in [5.41, 5.74) is 2.40. The summed E-state index contributed by atoms with van der Waals surface area (Å²) in [5.74, 6) is 0.482. The second-order valence-electron chi connectivity index (χ2n) is 9.22. The van der Waals surface area contributed by atoms with Gasteiger partial charge < -0.3 is 14.8 Å². The highest BCUT2D eigenvalue weighted by Gasteiger charge is 2.25. The molecular formula is C29H36N2O5S. The molecule has 0 fully saturated rings. The SMILES string of the molecule is CCN(CC)S(=O)(=O)c1ccc(OC)c(NC(=O)C(C)Oc2ccc(C(C)(C)c3ccccc3)cc2)c1. The van der Waals surface area contributed by atoms with Crippen molar-refractivity contribution >= 4 is 21.6 Å². The molecule has 7 nitrogen and oxygen atoms in total. The van der Waals surface area contributed by atoms with Gasteiger partial charge in [0.05, 0.1) is 17.7 Å². The molecule has 1 amide bonds. The topological polar surface area (TPSA) is 84.9 Å². The summed E-state index contributed by atoms with van der Waals surface area (Å²) in [6.45, 7) is 10.2. The largest absolute Gasteiger partial charge is 0.495 e. The lowest BCUT2D eigenvalue weighted by atomic mass is 9.78. The normalized spacial score (nSPS) is 12.7. The van der Waals surface area contributed by atoms with E-state index in [1.54, 1.807) is 20.8 Å². The summed E-state index contributed by atoms with van der Waals surface area (Å²) >= 11 is 0. The highest BCUT2D eigenvalue weighted by Crippen LogP contribution is 2.33. The lowest BCUT2D eigenvalue weighted by Crippen LogP contribution is -2.31. The fourth-order valence-electron chi connectivity index (χ4n) is 4.12. The maximum absolute atomic E-state index is 13.0. The Morgan fingerprint density at radius 1 is 0.946 bits per heavy atom. The molecule has 1 unspecified atom stereocenters. The third kappa shape index (κ3) is 6.32. The zero-order chi connectivity index (χ0) is 27.2. The van der Waals surface area contributed by atoms with Gasteiger partial charge in [0.2, 0.25) is 10.0 Å². The standard InChI is InChI=1S/C29H36N2O5S/c1-7-31(8-2)37(33,34)25-18-19-27(35-6)26(20-25)30-28(32)21(3)36-24-16-14-23(15-17-24)29(4,5)22-12-10-9-11-13-22/h9-21H,7-8H2,1-6H3,(H,30,32). The number of benzene rings is 3. The first-order valence-corrected chi connectivity index (χ1v) is 13.8. The first-order valence-electron chi connectivity index (χ1n) is 12.4. The fraction of sp³-hybridized carbons (Fsp3) is 0.345. The molecule has 0 heterocycles. The number of carbonyl (C=O) groups excluding carboxylic acids is 1. The van der Waals surface area contributed by atoms with Gasteiger partial charge in [0.1, 0.15) is 11.5 Å². The number of carbonyl (C=O) groups is 1. The molecule has 1 N–H and O–H groups in total. The highest BCUT2D eigenvalue weighted by atomic mass is 32.2. The van der Waals surface area contributed by atoms with Crippen LogP contribution in [-0.4, -0.2) is 44.9 Å². The summed E-state index contributed by atoms with van der Waals surface area (Å²) in [4.78, 5) is 13.0. The van der Waals surface area contributed by atoms with Gasteiger partial charge in [0.15, 0.2) is 6.10 Å². The minimum Gasteiger partial charge on any atom is -0.495 e. The summed E-state index contributed by atoms with van der Waals surface area (Å²) in [7, 11) is -2.23. The van der Waals surface area contributed by atoms with Gasteiger partial charge in [-0.2, -0.15) is 4.31 Å². The molecule has 0 saturated heterocycles. The molecule has 0 bridgehead atoms. The van der Waals surface area contributed by atoms with E-state index in [9.17, 15) is 13.2 Å². The Hall–Kier alpha value is -3.36. The van der Waals surface area contributed by atoms with E-state index in [0.717, 1.165) is 5.56 Å². The Balaban J connectivity index is 1.74. The van der Waals surface area contributed by atoms with Crippen LogP contribution in [0.3, 0.4) is 0 Å². The fourth-order valence-corrected chi connectivity index (χ4v) is 5.61. The molecule has 3 aromatic rings. The molecule has 0 spiro atoms. The van der Waals surface area contributed by atoms with Crippen molar-refractivity contribution in [1.29, 1.82) is 0 Å². The van der Waals surface area contributed by atoms with Gasteiger partial charge >= 0.3 is 0 Å². The van der Waals surface area contributed by atoms with Crippen LogP contribution in [0.4, 0.5) is 5.69 Å². The van der Waals surface area contributed by atoms with Gasteiger partial charge in [-0.05, 0) is 48.4 Å². The van der Waals surface area contributed by atoms with Crippen molar-refractivity contribution in [3.63, 3.8) is 0 Å². The van der Waals surface area contributed by atoms with Crippen molar-refractivity contribution in [3.8, 4) is 11.5 Å². The second kappa shape index (κ2) is 11.8. The molecule has 0 aromatic heterocycles. The van der Waals surface area contributed by atoms with Crippen molar-refractivity contribution in [1.82, 2.24) is 4.31 Å². The first kappa shape index (κ1) is 28.2. The summed E-state index contributed by atoms with van der Waals surface area (Å²) in [5, 5.41) is 2.75. The summed E-state index contributed by atoms with van der Waals surface area (Å²) in [6, 6.07) is 22.4. The molecule has 0 aliphatic carbocycles. The van der Waals surface area contributed by atoms with E-state index in [4.69, 9.17) is 9.47 Å². The van der Waals surface area contributed by atoms with E-state index in [0.29, 0.717) is 24.6 Å². The Bertz CT molecular complexity index is 1300. The number of anilines is 1. The number of nitrogens with zero attached hydrogens (tertiary/aromatic N) is 1. The van der Waals surface area contributed by atoms with Crippen molar-refractivity contribution in [2.24, 2.45) is 0 Å². The van der Waals surface area contributed by atoms with Crippen LogP contribution in [0.5, 0.6) is 11.5 Å². The molecule has 8 heteroatoms. The van der Waals surface area contributed by atoms with E-state index < -0.39 is 22.0 Å². The number of ether oxygens (including phenoxy) is 2. The highest BCUT2D eigenvalue weighted by molar-refractivity contribution is 7.89. The first-order chi connectivity index (χ1) is 17.5. The van der Waals surface area contributed by atoms with Crippen LogP contribution in [0.15, 0.2) is 77.7 Å². The van der Waals surface area contributed by atoms with Gasteiger partial charge in [-0.3, -0.25) is 4.79 Å². The second-order valence-corrected chi connectivity index (χ2v) is 11.2. The van der Waals surface area contributed by atoms with Crippen LogP contribution in [0.25, 0.3) is 0 Å². The molecule has 3 aromatic carbocycles. The van der Waals surface area contributed by atoms with Gasteiger partial charge in [-0.15, -0.1) is 0 Å². The van der Waals surface area contributed by atoms with Crippen LogP contribution in [-0.2, 0) is 20.2 Å². The number of amides is 1. The van der Waals surface area contributed by atoms with Crippen LogP contribution in [0, 0.1) is 0 Å². The van der Waals surface area contributed by atoms with Gasteiger partial charge in [0.25, 0.3) is 5.91 Å². The number of methoxy groups -OCH3 is 1. The molecule has 0 aliphatic rings. The minimum absolute atomic E-state index is 0.0810. The third-order valence-electron chi connectivity index (χ3n) is 6.53. The predicted molar refractivity (Wildman–Crippen MR) is 147 cm³/mol. The van der Waals surface area contributed by atoms with E-state index in [1.807, 2.05) is 42.5 Å². The Kier molecular flexibility index (Phi) is 8.99. The molecule has 0 aliphatic heterocycles. The van der Waals surface area contributed by atoms with Crippen LogP contribution in [0.1, 0.15) is 45.7 Å². The van der Waals surface area contributed by atoms with Crippen LogP contribution in [0.2, 0.25) is 0 Å². The maximum atomic E-state index is 13.0. The van der Waals surface area contributed by atoms with Gasteiger partial charge in [-0.1, -0.05) is 70.2 Å². The average Bonchev–Trinajstić information content (AvgIpc) is 2.90. The van der Waals surface area contributed by atoms with E-state index in [-0.39, 0.29) is 16.0 Å². The van der Waals surface area contributed by atoms with Gasteiger partial charge in [-0.25, -0.2) is 8.42 Å². The number of nitrogens with one attached hydrogen (secondary N) is 1. The van der Waals surface area contributed by atoms with E-state index >= 15 is 0 Å². The Labute approximate surface area is 220 Å². The number of rotatable bonds is 11. The maximum Gasteiger partial charge on any atom is 0.265 e.